The maximum Gasteiger partial charge on any atom is 0.329 e. The van der Waals surface area contributed by atoms with Gasteiger partial charge in [0.25, 0.3) is 5.91 Å². The first-order valence-corrected chi connectivity index (χ1v) is 11.3. The van der Waals surface area contributed by atoms with Gasteiger partial charge in [-0.15, -0.1) is 0 Å². The van der Waals surface area contributed by atoms with E-state index < -0.39 is 11.8 Å². The van der Waals surface area contributed by atoms with Crippen LogP contribution in [0, 0.1) is 0 Å². The normalized spacial score (nSPS) is 10.5. The van der Waals surface area contributed by atoms with E-state index in [-0.39, 0.29) is 19.1 Å². The SMILES string of the molecule is COc1ccc(CNC(=O)C(=O)N/N=C\c2ccc(OCC(=O)NCCc3ccccc3)cc2)cc1. The number of hydrogen-bond acceptors (Lipinski definition) is 6. The van der Waals surface area contributed by atoms with E-state index in [2.05, 4.69) is 21.2 Å². The first-order valence-electron chi connectivity index (χ1n) is 11.3. The number of nitrogens with zero attached hydrogens (tertiary/aromatic N) is 1. The van der Waals surface area contributed by atoms with Gasteiger partial charge in [-0.1, -0.05) is 42.5 Å². The van der Waals surface area contributed by atoms with Crippen molar-refractivity contribution in [2.75, 3.05) is 20.3 Å². The highest BCUT2D eigenvalue weighted by Gasteiger charge is 2.12. The summed E-state index contributed by atoms with van der Waals surface area (Å²) in [6, 6.07) is 23.8. The largest absolute Gasteiger partial charge is 0.497 e. The van der Waals surface area contributed by atoms with Crippen molar-refractivity contribution in [3.63, 3.8) is 0 Å². The molecule has 3 aromatic carbocycles. The van der Waals surface area contributed by atoms with Gasteiger partial charge in [0.15, 0.2) is 6.61 Å². The van der Waals surface area contributed by atoms with Crippen molar-refractivity contribution >= 4 is 23.9 Å². The zero-order valence-corrected chi connectivity index (χ0v) is 19.9. The van der Waals surface area contributed by atoms with E-state index in [1.165, 1.54) is 6.21 Å². The Morgan fingerprint density at radius 2 is 1.50 bits per heavy atom. The van der Waals surface area contributed by atoms with E-state index in [9.17, 15) is 14.4 Å². The molecule has 3 N–H and O–H groups in total. The average molecular weight is 489 g/mol. The molecule has 3 aromatic rings. The second kappa shape index (κ2) is 13.9. The smallest absolute Gasteiger partial charge is 0.329 e. The number of benzene rings is 3. The standard InChI is InChI=1S/C27H28N4O5/c1-35-23-11-7-21(8-12-23)17-29-26(33)27(34)31-30-18-22-9-13-24(14-10-22)36-19-25(32)28-16-15-20-5-3-2-4-6-20/h2-14,18H,15-17,19H2,1H3,(H,28,32)(H,29,33)(H,31,34)/b30-18-. The lowest BCUT2D eigenvalue weighted by Gasteiger charge is -2.08. The van der Waals surface area contributed by atoms with Gasteiger partial charge in [-0.05, 0) is 59.5 Å². The predicted molar refractivity (Wildman–Crippen MR) is 136 cm³/mol. The quantitative estimate of drug-likeness (QED) is 0.217. The highest BCUT2D eigenvalue weighted by atomic mass is 16.5. The number of rotatable bonds is 11. The molecule has 0 heterocycles. The minimum absolute atomic E-state index is 0.0933. The number of methoxy groups -OCH3 is 1. The molecule has 0 radical (unpaired) electrons. The fraction of sp³-hybridized carbons (Fsp3) is 0.185. The van der Waals surface area contributed by atoms with Crippen LogP contribution < -0.4 is 25.5 Å². The van der Waals surface area contributed by atoms with Gasteiger partial charge in [0.05, 0.1) is 13.3 Å². The molecule has 0 spiro atoms. The Morgan fingerprint density at radius 3 is 2.19 bits per heavy atom. The molecule has 0 unspecified atom stereocenters. The Labute approximate surface area is 209 Å². The van der Waals surface area contributed by atoms with Gasteiger partial charge in [0.1, 0.15) is 11.5 Å². The van der Waals surface area contributed by atoms with Crippen molar-refractivity contribution in [1.29, 1.82) is 0 Å². The molecule has 0 aliphatic carbocycles. The average Bonchev–Trinajstić information content (AvgIpc) is 2.92. The molecule has 0 saturated carbocycles. The summed E-state index contributed by atoms with van der Waals surface area (Å²) in [7, 11) is 1.57. The number of hydrazone groups is 1. The van der Waals surface area contributed by atoms with Gasteiger partial charge in [-0.3, -0.25) is 14.4 Å². The zero-order chi connectivity index (χ0) is 25.6. The van der Waals surface area contributed by atoms with Crippen molar-refractivity contribution in [2.24, 2.45) is 5.10 Å². The third kappa shape index (κ3) is 8.94. The fourth-order valence-electron chi connectivity index (χ4n) is 3.06. The first kappa shape index (κ1) is 26.0. The number of amides is 3. The topological polar surface area (TPSA) is 118 Å². The number of ether oxygens (including phenoxy) is 2. The molecule has 0 saturated heterocycles. The highest BCUT2D eigenvalue weighted by Crippen LogP contribution is 2.11. The molecule has 0 aliphatic heterocycles. The Hall–Kier alpha value is -4.66. The zero-order valence-electron chi connectivity index (χ0n) is 19.9. The Kier molecular flexibility index (Phi) is 10.0. The molecule has 0 aliphatic rings. The van der Waals surface area contributed by atoms with Crippen molar-refractivity contribution < 1.29 is 23.9 Å². The summed E-state index contributed by atoms with van der Waals surface area (Å²) >= 11 is 0. The van der Waals surface area contributed by atoms with E-state index in [0.29, 0.717) is 23.6 Å². The van der Waals surface area contributed by atoms with Crippen LogP contribution in [0.5, 0.6) is 11.5 Å². The van der Waals surface area contributed by atoms with Crippen LogP contribution in [0.15, 0.2) is 84.0 Å². The predicted octanol–water partition coefficient (Wildman–Crippen LogP) is 2.20. The summed E-state index contributed by atoms with van der Waals surface area (Å²) in [5, 5.41) is 9.14. The Balaban J connectivity index is 1.33. The summed E-state index contributed by atoms with van der Waals surface area (Å²) < 4.78 is 10.6. The summed E-state index contributed by atoms with van der Waals surface area (Å²) in [6.45, 7) is 0.642. The van der Waals surface area contributed by atoms with Crippen LogP contribution in [0.2, 0.25) is 0 Å². The molecule has 0 aromatic heterocycles. The van der Waals surface area contributed by atoms with Gasteiger partial charge in [0.2, 0.25) is 0 Å². The van der Waals surface area contributed by atoms with Gasteiger partial charge < -0.3 is 20.1 Å². The first-order chi connectivity index (χ1) is 17.5. The van der Waals surface area contributed by atoms with E-state index >= 15 is 0 Å². The summed E-state index contributed by atoms with van der Waals surface area (Å²) in [4.78, 5) is 35.8. The number of hydrogen-bond donors (Lipinski definition) is 3. The van der Waals surface area contributed by atoms with Crippen molar-refractivity contribution in [3.8, 4) is 11.5 Å². The van der Waals surface area contributed by atoms with Gasteiger partial charge in [-0.2, -0.15) is 5.10 Å². The van der Waals surface area contributed by atoms with Crippen LogP contribution in [0.25, 0.3) is 0 Å². The fourth-order valence-corrected chi connectivity index (χ4v) is 3.06. The Bertz CT molecular complexity index is 1160. The molecular weight excluding hydrogens is 460 g/mol. The molecule has 0 atom stereocenters. The molecule has 0 bridgehead atoms. The van der Waals surface area contributed by atoms with E-state index in [1.807, 2.05) is 30.3 Å². The van der Waals surface area contributed by atoms with E-state index in [1.54, 1.807) is 55.6 Å². The molecule has 36 heavy (non-hydrogen) atoms. The maximum atomic E-state index is 12.0. The molecule has 0 fully saturated rings. The van der Waals surface area contributed by atoms with Gasteiger partial charge >= 0.3 is 11.8 Å². The minimum atomic E-state index is -0.877. The van der Waals surface area contributed by atoms with Crippen LogP contribution in [-0.2, 0) is 27.3 Å². The van der Waals surface area contributed by atoms with Crippen molar-refractivity contribution in [2.45, 2.75) is 13.0 Å². The van der Waals surface area contributed by atoms with E-state index in [0.717, 1.165) is 17.5 Å². The van der Waals surface area contributed by atoms with Crippen LogP contribution in [-0.4, -0.2) is 44.2 Å². The molecular formula is C27H28N4O5. The molecule has 3 amide bonds. The lowest BCUT2D eigenvalue weighted by molar-refractivity contribution is -0.139. The maximum absolute atomic E-state index is 12.0. The van der Waals surface area contributed by atoms with E-state index in [4.69, 9.17) is 9.47 Å². The Morgan fingerprint density at radius 1 is 0.806 bits per heavy atom. The second-order valence-corrected chi connectivity index (χ2v) is 7.67. The van der Waals surface area contributed by atoms with Gasteiger partial charge in [-0.25, -0.2) is 5.43 Å². The van der Waals surface area contributed by atoms with Crippen LogP contribution in [0.4, 0.5) is 0 Å². The monoisotopic (exact) mass is 488 g/mol. The molecule has 186 valence electrons. The number of carbonyl (C=O) groups excluding carboxylic acids is 3. The number of carbonyl (C=O) groups is 3. The van der Waals surface area contributed by atoms with Gasteiger partial charge in [0, 0.05) is 13.1 Å². The summed E-state index contributed by atoms with van der Waals surface area (Å²) in [6.07, 6.45) is 2.15. The summed E-state index contributed by atoms with van der Waals surface area (Å²) in [5.41, 5.74) is 4.84. The molecule has 9 heteroatoms. The van der Waals surface area contributed by atoms with Crippen LogP contribution in [0.1, 0.15) is 16.7 Å². The number of nitrogens with one attached hydrogen (secondary N) is 3. The highest BCUT2D eigenvalue weighted by molar-refractivity contribution is 6.35. The second-order valence-electron chi connectivity index (χ2n) is 7.67. The summed E-state index contributed by atoms with van der Waals surface area (Å²) in [5.74, 6) is -0.652. The third-order valence-electron chi connectivity index (χ3n) is 5.03. The molecule has 3 rings (SSSR count). The third-order valence-corrected chi connectivity index (χ3v) is 5.03. The lowest BCUT2D eigenvalue weighted by atomic mass is 10.1. The lowest BCUT2D eigenvalue weighted by Crippen LogP contribution is -2.37. The van der Waals surface area contributed by atoms with Crippen molar-refractivity contribution in [3.05, 3.63) is 95.6 Å². The minimum Gasteiger partial charge on any atom is -0.497 e. The molecule has 9 nitrogen and oxygen atoms in total. The van der Waals surface area contributed by atoms with Crippen LogP contribution >= 0.6 is 0 Å². The van der Waals surface area contributed by atoms with Crippen LogP contribution in [0.3, 0.4) is 0 Å². The van der Waals surface area contributed by atoms with Crippen molar-refractivity contribution in [1.82, 2.24) is 16.1 Å².